The third-order valence-corrected chi connectivity index (χ3v) is 12.9. The first-order valence-corrected chi connectivity index (χ1v) is 23.7. The van der Waals surface area contributed by atoms with E-state index in [1.54, 1.807) is 0 Å². The molecule has 0 radical (unpaired) electrons. The molecule has 0 saturated heterocycles. The minimum atomic E-state index is -2.98. The number of amides is 1. The van der Waals surface area contributed by atoms with Crippen LogP contribution in [0, 0.1) is 24.7 Å². The van der Waals surface area contributed by atoms with Crippen LogP contribution < -0.4 is 11.1 Å². The minimum absolute atomic E-state index is 0. The molecule has 0 aliphatic heterocycles. The number of aliphatic carboxylic acids is 1. The van der Waals surface area contributed by atoms with Crippen molar-refractivity contribution in [3.8, 4) is 0 Å². The quantitative estimate of drug-likeness (QED) is 0.118. The van der Waals surface area contributed by atoms with Crippen molar-refractivity contribution in [2.75, 3.05) is 38.2 Å². The largest absolute Gasteiger partial charge is 0.481 e. The van der Waals surface area contributed by atoms with E-state index in [-0.39, 0.29) is 35.8 Å². The van der Waals surface area contributed by atoms with Crippen LogP contribution in [0.1, 0.15) is 99.3 Å². The smallest absolute Gasteiger partial charge is 0.328 e. The Morgan fingerprint density at radius 1 is 0.690 bits per heavy atom. The number of esters is 2. The second kappa shape index (κ2) is 24.5. The predicted molar refractivity (Wildman–Crippen MR) is 228 cm³/mol. The summed E-state index contributed by atoms with van der Waals surface area (Å²) in [5.74, 6) is -1.36. The van der Waals surface area contributed by atoms with Gasteiger partial charge in [-0.25, -0.2) is 21.6 Å². The van der Waals surface area contributed by atoms with Gasteiger partial charge in [-0.05, 0) is 82.8 Å². The van der Waals surface area contributed by atoms with E-state index in [1.165, 1.54) is 32.3 Å². The molecule has 0 aromatic heterocycles. The summed E-state index contributed by atoms with van der Waals surface area (Å²) in [4.78, 5) is 47.2. The van der Waals surface area contributed by atoms with Crippen LogP contribution in [-0.2, 0) is 61.2 Å². The molecule has 2 aliphatic carbocycles. The molecule has 2 atom stereocenters. The number of carbonyl (C=O) groups excluding carboxylic acids is 3. The zero-order valence-electron chi connectivity index (χ0n) is 34.9. The molecule has 1 amide bonds. The molecule has 0 spiro atoms. The summed E-state index contributed by atoms with van der Waals surface area (Å²) < 4.78 is 53.7. The van der Waals surface area contributed by atoms with E-state index in [9.17, 15) is 36.0 Å². The van der Waals surface area contributed by atoms with Gasteiger partial charge in [-0.1, -0.05) is 85.3 Å². The van der Waals surface area contributed by atoms with Crippen molar-refractivity contribution in [2.24, 2.45) is 16.6 Å². The fourth-order valence-corrected chi connectivity index (χ4v) is 8.30. The number of sulfone groups is 2. The van der Waals surface area contributed by atoms with Crippen molar-refractivity contribution in [2.45, 2.75) is 116 Å². The molecular weight excluding hydrogens is 808 g/mol. The van der Waals surface area contributed by atoms with Gasteiger partial charge in [0.2, 0.25) is 5.91 Å². The number of aryl methyl sites for hydroxylation is 2. The second-order valence-corrected chi connectivity index (χ2v) is 20.3. The molecule has 0 bridgehead atoms. The highest BCUT2D eigenvalue weighted by Crippen LogP contribution is 2.46. The highest BCUT2D eigenvalue weighted by molar-refractivity contribution is 7.90. The van der Waals surface area contributed by atoms with Gasteiger partial charge in [0.25, 0.3) is 0 Å². The van der Waals surface area contributed by atoms with Crippen LogP contribution in [-0.4, -0.2) is 96.1 Å². The van der Waals surface area contributed by atoms with Crippen molar-refractivity contribution < 1.29 is 50.6 Å². The number of nitrogens with two attached hydrogens (primary N) is 1. The number of rotatable bonds is 19. The second-order valence-electron chi connectivity index (χ2n) is 15.8. The van der Waals surface area contributed by atoms with Crippen LogP contribution in [0.4, 0.5) is 0 Å². The summed E-state index contributed by atoms with van der Waals surface area (Å²) in [5.41, 5.74) is 8.93. The van der Waals surface area contributed by atoms with E-state index >= 15 is 0 Å². The Balaban J connectivity index is 0.000000474. The summed E-state index contributed by atoms with van der Waals surface area (Å²) in [6, 6.07) is 14.5. The SMILES string of the molecule is COC(=O)C(Cc1ccc(C)cc1)NC(=O)C1(CCCCS(C)(=O)=O)CCC1.COC(=O)C(N)Cc1ccc(C)cc1.CS(=O)(=O)CCCCC1(C(=O)O)CCC1.Cl. The number of carboxylic acids is 1. The normalized spacial score (nSPS) is 16.1. The summed E-state index contributed by atoms with van der Waals surface area (Å²) in [6.45, 7) is 4.01. The number of benzene rings is 2. The van der Waals surface area contributed by atoms with Gasteiger partial charge >= 0.3 is 17.9 Å². The number of unbranched alkanes of at least 4 members (excludes halogenated alkanes) is 2. The number of hydrogen-bond acceptors (Lipinski definition) is 11. The molecule has 328 valence electrons. The number of ether oxygens (including phenoxy) is 2. The lowest BCUT2D eigenvalue weighted by Crippen LogP contribution is -2.52. The van der Waals surface area contributed by atoms with Gasteiger partial charge in [-0.15, -0.1) is 12.4 Å². The number of carbonyl (C=O) groups is 4. The van der Waals surface area contributed by atoms with Crippen molar-refractivity contribution >= 4 is 55.9 Å². The highest BCUT2D eigenvalue weighted by Gasteiger charge is 2.45. The topological polar surface area (TPSA) is 213 Å². The number of carboxylic acid groups (broad SMARTS) is 1. The molecule has 2 fully saturated rings. The molecule has 0 heterocycles. The molecule has 2 unspecified atom stereocenters. The maximum absolute atomic E-state index is 13.0. The Kier molecular flexibility index (Phi) is 22.2. The van der Waals surface area contributed by atoms with E-state index < -0.39 is 54.5 Å². The van der Waals surface area contributed by atoms with Crippen LogP contribution in [0.15, 0.2) is 48.5 Å². The van der Waals surface area contributed by atoms with Gasteiger partial charge in [0, 0.05) is 35.9 Å². The third-order valence-electron chi connectivity index (χ3n) is 10.8. The van der Waals surface area contributed by atoms with E-state index in [4.69, 9.17) is 15.6 Å². The van der Waals surface area contributed by atoms with Gasteiger partial charge < -0.3 is 25.6 Å². The Morgan fingerprint density at radius 3 is 1.43 bits per heavy atom. The molecule has 2 aromatic rings. The van der Waals surface area contributed by atoms with Crippen LogP contribution in [0.25, 0.3) is 0 Å². The molecule has 4 N–H and O–H groups in total. The minimum Gasteiger partial charge on any atom is -0.481 e. The Morgan fingerprint density at radius 2 is 1.09 bits per heavy atom. The van der Waals surface area contributed by atoms with E-state index in [1.807, 2.05) is 62.4 Å². The summed E-state index contributed by atoms with van der Waals surface area (Å²) >= 11 is 0. The molecule has 2 aliphatic rings. The van der Waals surface area contributed by atoms with Gasteiger partial charge in [0.1, 0.15) is 31.8 Å². The molecule has 2 saturated carbocycles. The van der Waals surface area contributed by atoms with Gasteiger partial charge in [0.15, 0.2) is 0 Å². The van der Waals surface area contributed by atoms with E-state index in [0.29, 0.717) is 51.4 Å². The number of hydrogen-bond donors (Lipinski definition) is 3. The molecule has 58 heavy (non-hydrogen) atoms. The first-order chi connectivity index (χ1) is 26.6. The first kappa shape index (κ1) is 52.5. The third kappa shape index (κ3) is 18.6. The van der Waals surface area contributed by atoms with Crippen LogP contribution in [0.3, 0.4) is 0 Å². The van der Waals surface area contributed by atoms with Crippen LogP contribution in [0.5, 0.6) is 0 Å². The average molecular weight is 874 g/mol. The van der Waals surface area contributed by atoms with Crippen molar-refractivity contribution in [1.29, 1.82) is 0 Å². The molecule has 16 heteroatoms. The Bertz CT molecular complexity index is 1830. The summed E-state index contributed by atoms with van der Waals surface area (Å²) in [5, 5.41) is 11.9. The lowest BCUT2D eigenvalue weighted by molar-refractivity contribution is -0.155. The maximum Gasteiger partial charge on any atom is 0.328 e. The lowest BCUT2D eigenvalue weighted by atomic mass is 9.65. The van der Waals surface area contributed by atoms with Crippen molar-refractivity contribution in [1.82, 2.24) is 5.32 Å². The van der Waals surface area contributed by atoms with Gasteiger partial charge in [-0.2, -0.15) is 0 Å². The van der Waals surface area contributed by atoms with Gasteiger partial charge in [0.05, 0.1) is 19.6 Å². The summed E-state index contributed by atoms with van der Waals surface area (Å²) in [6.07, 6.45) is 12.1. The predicted octanol–water partition coefficient (Wildman–Crippen LogP) is 5.50. The zero-order chi connectivity index (χ0) is 42.9. The standard InChI is InChI=1S/C21H31NO5S.C11H15NO2.C10H18O4S.ClH/c1-16-7-9-17(10-8-16)15-18(19(23)27-2)22-20(24)21(12-6-13-21)11-4-5-14-28(3,25)26;1-8-3-5-9(6-4-8)7-10(12)11(13)14-2;1-15(13,14)8-3-2-5-10(9(11)12)6-4-7-10;/h7-10,18H,4-6,11-15H2,1-3H3,(H,22,24);3-6,10H,7,12H2,1-2H3;2-8H2,1H3,(H,11,12);1H. The zero-order valence-corrected chi connectivity index (χ0v) is 37.4. The van der Waals surface area contributed by atoms with Crippen LogP contribution in [0.2, 0.25) is 0 Å². The molecule has 13 nitrogen and oxygen atoms in total. The Labute approximate surface area is 351 Å². The van der Waals surface area contributed by atoms with Crippen LogP contribution >= 0.6 is 12.4 Å². The van der Waals surface area contributed by atoms with E-state index in [0.717, 1.165) is 55.2 Å². The monoisotopic (exact) mass is 872 g/mol. The lowest BCUT2D eigenvalue weighted by Gasteiger charge is -2.41. The molecule has 4 rings (SSSR count). The Hall–Kier alpha value is -3.53. The maximum atomic E-state index is 13.0. The highest BCUT2D eigenvalue weighted by atomic mass is 35.5. The van der Waals surface area contributed by atoms with Crippen molar-refractivity contribution in [3.63, 3.8) is 0 Å². The fourth-order valence-electron chi connectivity index (χ4n) is 6.84. The summed E-state index contributed by atoms with van der Waals surface area (Å²) in [7, 11) is -3.22. The molecular formula is C42H65ClN2O11S2. The number of nitrogens with one attached hydrogen (secondary N) is 1. The molecule has 2 aromatic carbocycles. The van der Waals surface area contributed by atoms with Crippen molar-refractivity contribution in [3.05, 3.63) is 70.8 Å². The number of halogens is 1. The van der Waals surface area contributed by atoms with E-state index in [2.05, 4.69) is 10.1 Å². The average Bonchev–Trinajstić information content (AvgIpc) is 3.10. The number of methoxy groups -OCH3 is 2. The fraction of sp³-hybridized carbons (Fsp3) is 0.619. The van der Waals surface area contributed by atoms with Gasteiger partial charge in [-0.3, -0.25) is 14.4 Å². The first-order valence-electron chi connectivity index (χ1n) is 19.6.